The van der Waals surface area contributed by atoms with Gasteiger partial charge in [0.05, 0.1) is 10.6 Å². The number of nitrogens with zero attached hydrogens (tertiary/aromatic N) is 2. The van der Waals surface area contributed by atoms with Crippen LogP contribution in [-0.2, 0) is 26.2 Å². The lowest BCUT2D eigenvalue weighted by Crippen LogP contribution is -2.51. The van der Waals surface area contributed by atoms with Crippen LogP contribution in [0.4, 0.5) is 5.69 Å². The lowest BCUT2D eigenvalue weighted by Gasteiger charge is -2.32. The Bertz CT molecular complexity index is 1400. The molecule has 0 aliphatic rings. The molecule has 7 nitrogen and oxygen atoms in total. The molecule has 39 heavy (non-hydrogen) atoms. The number of nitrogens with one attached hydrogen (secondary N) is 1. The molecule has 3 rings (SSSR count). The predicted molar refractivity (Wildman–Crippen MR) is 156 cm³/mol. The average molecular weight is 550 g/mol. The molecule has 3 aromatic rings. The molecule has 0 aliphatic heterocycles. The molecule has 0 saturated carbocycles. The van der Waals surface area contributed by atoms with Crippen LogP contribution in [0.3, 0.4) is 0 Å². The van der Waals surface area contributed by atoms with Crippen LogP contribution in [0.2, 0.25) is 0 Å². The van der Waals surface area contributed by atoms with Crippen LogP contribution in [0.25, 0.3) is 0 Å². The Balaban J connectivity index is 2.03. The maximum atomic E-state index is 14.0. The molecular weight excluding hydrogens is 510 g/mol. The van der Waals surface area contributed by atoms with E-state index in [0.29, 0.717) is 12.2 Å². The van der Waals surface area contributed by atoms with Crippen LogP contribution in [0, 0.1) is 26.7 Å². The third-order valence-corrected chi connectivity index (χ3v) is 8.29. The van der Waals surface area contributed by atoms with Gasteiger partial charge in [-0.25, -0.2) is 8.42 Å². The molecule has 0 radical (unpaired) electrons. The Hall–Kier alpha value is -3.65. The molecule has 0 heterocycles. The van der Waals surface area contributed by atoms with Crippen molar-refractivity contribution in [3.63, 3.8) is 0 Å². The number of hydrogen-bond acceptors (Lipinski definition) is 4. The number of benzene rings is 3. The largest absolute Gasteiger partial charge is 0.354 e. The first-order chi connectivity index (χ1) is 18.4. The van der Waals surface area contributed by atoms with Gasteiger partial charge >= 0.3 is 0 Å². The summed E-state index contributed by atoms with van der Waals surface area (Å²) in [6.45, 7) is 11.6. The molecule has 0 unspecified atom stereocenters. The van der Waals surface area contributed by atoms with Crippen molar-refractivity contribution >= 4 is 27.5 Å². The average Bonchev–Trinajstić information content (AvgIpc) is 2.89. The summed E-state index contributed by atoms with van der Waals surface area (Å²) in [5.41, 5.74) is 4.02. The van der Waals surface area contributed by atoms with Gasteiger partial charge in [-0.2, -0.15) is 0 Å². The van der Waals surface area contributed by atoms with E-state index < -0.39 is 28.5 Å². The van der Waals surface area contributed by atoms with Gasteiger partial charge in [-0.15, -0.1) is 0 Å². The molecule has 1 atom stereocenters. The number of sulfonamides is 1. The molecular formula is C31H39N3O4S. The number of hydrogen-bond donors (Lipinski definition) is 1. The Morgan fingerprint density at radius 2 is 1.51 bits per heavy atom. The van der Waals surface area contributed by atoms with E-state index >= 15 is 0 Å². The summed E-state index contributed by atoms with van der Waals surface area (Å²) in [6, 6.07) is 20.4. The second kappa shape index (κ2) is 12.9. The minimum absolute atomic E-state index is 0.0886. The van der Waals surface area contributed by atoms with Crippen LogP contribution >= 0.6 is 0 Å². The highest BCUT2D eigenvalue weighted by Gasteiger charge is 2.33. The molecule has 0 aromatic heterocycles. The monoisotopic (exact) mass is 549 g/mol. The quantitative estimate of drug-likeness (QED) is 0.365. The van der Waals surface area contributed by atoms with Gasteiger partial charge in [-0.3, -0.25) is 13.9 Å². The Labute approximate surface area is 232 Å². The Morgan fingerprint density at radius 1 is 0.846 bits per heavy atom. The van der Waals surface area contributed by atoms with E-state index in [1.807, 2.05) is 71.0 Å². The highest BCUT2D eigenvalue weighted by atomic mass is 32.2. The van der Waals surface area contributed by atoms with E-state index in [0.717, 1.165) is 26.6 Å². The number of aryl methyl sites for hydroxylation is 3. The van der Waals surface area contributed by atoms with Gasteiger partial charge in [0.2, 0.25) is 11.8 Å². The molecule has 3 aromatic carbocycles. The molecule has 0 bridgehead atoms. The van der Waals surface area contributed by atoms with E-state index in [-0.39, 0.29) is 23.3 Å². The van der Waals surface area contributed by atoms with Crippen LogP contribution < -0.4 is 9.62 Å². The minimum Gasteiger partial charge on any atom is -0.354 e. The second-order valence-corrected chi connectivity index (χ2v) is 12.3. The van der Waals surface area contributed by atoms with Crippen LogP contribution in [-0.4, -0.2) is 44.3 Å². The lowest BCUT2D eigenvalue weighted by molar-refractivity contribution is -0.139. The number of anilines is 1. The summed E-state index contributed by atoms with van der Waals surface area (Å²) in [7, 11) is -4.08. The summed E-state index contributed by atoms with van der Waals surface area (Å²) in [6.07, 6.45) is 0. The first-order valence-corrected chi connectivity index (χ1v) is 14.6. The fourth-order valence-corrected chi connectivity index (χ4v) is 5.86. The van der Waals surface area contributed by atoms with Crippen molar-refractivity contribution < 1.29 is 18.0 Å². The fourth-order valence-electron chi connectivity index (χ4n) is 4.36. The maximum Gasteiger partial charge on any atom is 0.264 e. The van der Waals surface area contributed by atoms with Crippen LogP contribution in [0.1, 0.15) is 43.0 Å². The maximum absolute atomic E-state index is 14.0. The van der Waals surface area contributed by atoms with Crippen molar-refractivity contribution in [3.05, 3.63) is 95.1 Å². The molecule has 0 spiro atoms. The standard InChI is InChI=1S/C31H39N3O4S/c1-22(2)19-32-31(36)26(6)33(20-27-12-10-11-23(3)18-27)30(35)21-34(29-16-15-24(4)17-25(29)5)39(37,38)28-13-8-7-9-14-28/h7-18,22,26H,19-21H2,1-6H3,(H,32,36)/t26-/m1/s1. The molecule has 1 N–H and O–H groups in total. The SMILES string of the molecule is Cc1cccc(CN(C(=O)CN(c2ccc(C)cc2C)S(=O)(=O)c2ccccc2)[C@H](C)C(=O)NCC(C)C)c1. The summed E-state index contributed by atoms with van der Waals surface area (Å²) in [5.74, 6) is -0.505. The van der Waals surface area contributed by atoms with Gasteiger partial charge in [0.1, 0.15) is 12.6 Å². The first-order valence-electron chi connectivity index (χ1n) is 13.2. The van der Waals surface area contributed by atoms with Crippen LogP contribution in [0.15, 0.2) is 77.7 Å². The summed E-state index contributed by atoms with van der Waals surface area (Å²) in [4.78, 5) is 28.6. The van der Waals surface area contributed by atoms with Gasteiger partial charge in [0.25, 0.3) is 10.0 Å². The zero-order chi connectivity index (χ0) is 28.7. The molecule has 0 aliphatic carbocycles. The van der Waals surface area contributed by atoms with Gasteiger partial charge in [0.15, 0.2) is 0 Å². The van der Waals surface area contributed by atoms with Crippen molar-refractivity contribution in [1.29, 1.82) is 0 Å². The Morgan fingerprint density at radius 3 is 2.13 bits per heavy atom. The number of rotatable bonds is 11. The molecule has 0 saturated heterocycles. The van der Waals surface area contributed by atoms with E-state index in [2.05, 4.69) is 5.32 Å². The van der Waals surface area contributed by atoms with Crippen LogP contribution in [0.5, 0.6) is 0 Å². The molecule has 208 valence electrons. The summed E-state index contributed by atoms with van der Waals surface area (Å²) >= 11 is 0. The van der Waals surface area contributed by atoms with Crippen molar-refractivity contribution in [3.8, 4) is 0 Å². The number of carbonyl (C=O) groups is 2. The lowest BCUT2D eigenvalue weighted by atomic mass is 10.1. The van der Waals surface area contributed by atoms with E-state index in [1.165, 1.54) is 17.0 Å². The summed E-state index contributed by atoms with van der Waals surface area (Å²) < 4.78 is 28.9. The number of carbonyl (C=O) groups excluding carboxylic acids is 2. The molecule has 8 heteroatoms. The smallest absolute Gasteiger partial charge is 0.264 e. The number of amides is 2. The Kier molecular flexibility index (Phi) is 9.92. The topological polar surface area (TPSA) is 86.8 Å². The highest BCUT2D eigenvalue weighted by Crippen LogP contribution is 2.28. The zero-order valence-electron chi connectivity index (χ0n) is 23.6. The third kappa shape index (κ3) is 7.69. The van der Waals surface area contributed by atoms with E-state index in [4.69, 9.17) is 0 Å². The van der Waals surface area contributed by atoms with E-state index in [9.17, 15) is 18.0 Å². The predicted octanol–water partition coefficient (Wildman–Crippen LogP) is 5.00. The van der Waals surface area contributed by atoms with Gasteiger partial charge in [-0.05, 0) is 62.9 Å². The molecule has 2 amide bonds. The van der Waals surface area contributed by atoms with E-state index in [1.54, 1.807) is 31.2 Å². The second-order valence-electron chi connectivity index (χ2n) is 10.4. The van der Waals surface area contributed by atoms with Gasteiger partial charge < -0.3 is 10.2 Å². The third-order valence-electron chi connectivity index (χ3n) is 6.52. The van der Waals surface area contributed by atoms with Crippen molar-refractivity contribution in [2.45, 2.75) is 59.0 Å². The first kappa shape index (κ1) is 29.9. The normalized spacial score (nSPS) is 12.2. The summed E-state index contributed by atoms with van der Waals surface area (Å²) in [5, 5.41) is 2.91. The molecule has 0 fully saturated rings. The van der Waals surface area contributed by atoms with Crippen molar-refractivity contribution in [2.75, 3.05) is 17.4 Å². The fraction of sp³-hybridized carbons (Fsp3) is 0.355. The highest BCUT2D eigenvalue weighted by molar-refractivity contribution is 7.92. The van der Waals surface area contributed by atoms with Crippen molar-refractivity contribution in [1.82, 2.24) is 10.2 Å². The van der Waals surface area contributed by atoms with Crippen molar-refractivity contribution in [2.24, 2.45) is 5.92 Å². The zero-order valence-corrected chi connectivity index (χ0v) is 24.5. The minimum atomic E-state index is -4.08. The van der Waals surface area contributed by atoms with Gasteiger partial charge in [0, 0.05) is 13.1 Å². The van der Waals surface area contributed by atoms with Gasteiger partial charge in [-0.1, -0.05) is 79.6 Å².